The summed E-state index contributed by atoms with van der Waals surface area (Å²) < 4.78 is 155. The summed E-state index contributed by atoms with van der Waals surface area (Å²) >= 11 is 6.14. The van der Waals surface area contributed by atoms with Crippen molar-refractivity contribution >= 4 is 129 Å². The number of carbonyl (C=O) groups is 7. The third kappa shape index (κ3) is 60.6. The van der Waals surface area contributed by atoms with Gasteiger partial charge >= 0.3 is 55.2 Å². The van der Waals surface area contributed by atoms with Gasteiger partial charge in [0, 0.05) is 44.0 Å². The van der Waals surface area contributed by atoms with Gasteiger partial charge in [-0.25, -0.2) is 71.7 Å². The van der Waals surface area contributed by atoms with Gasteiger partial charge in [0.05, 0.1) is 19.1 Å². The van der Waals surface area contributed by atoms with Crippen LogP contribution in [-0.2, 0) is 92.0 Å². The molecule has 0 heterocycles. The zero-order chi connectivity index (χ0) is 84.8. The molecule has 4 aromatic rings. The first-order chi connectivity index (χ1) is 48.7. The molecule has 6 N–H and O–H groups in total. The predicted molar refractivity (Wildman–Crippen MR) is 427 cm³/mol. The number of aldehydes is 1. The number of carbonyl (C=O) groups excluding carboxylic acids is 7. The summed E-state index contributed by atoms with van der Waals surface area (Å²) in [6, 6.07) is 34.7. The van der Waals surface area contributed by atoms with Gasteiger partial charge in [-0.2, -0.15) is 6.42 Å². The van der Waals surface area contributed by atoms with Crippen molar-refractivity contribution in [2.45, 2.75) is 218 Å². The monoisotopic (exact) mass is 1660 g/mol. The van der Waals surface area contributed by atoms with E-state index in [1.165, 1.54) is 18.6 Å². The third-order valence-corrected chi connectivity index (χ3v) is 22.1. The maximum Gasteiger partial charge on any atom is 1.00 e. The molecule has 3 atom stereocenters. The van der Waals surface area contributed by atoms with Crippen LogP contribution in [0.3, 0.4) is 0 Å². The molecule has 0 fully saturated rings. The van der Waals surface area contributed by atoms with Crippen LogP contribution >= 0.6 is 24.9 Å². The molecule has 4 aromatic carbocycles. The van der Waals surface area contributed by atoms with E-state index in [1.807, 2.05) is 41.1 Å². The summed E-state index contributed by atoms with van der Waals surface area (Å²) in [4.78, 5) is 78.0. The molecule has 4 rings (SSSR count). The second-order valence-electron chi connectivity index (χ2n) is 29.7. The maximum absolute atomic E-state index is 13.7. The van der Waals surface area contributed by atoms with E-state index in [0.717, 1.165) is 29.8 Å². The fourth-order valence-electron chi connectivity index (χ4n) is 6.94. The Morgan fingerprint density at radius 3 is 0.972 bits per heavy atom. The smallest absolute Gasteiger partial charge is 0.460 e. The van der Waals surface area contributed by atoms with Crippen molar-refractivity contribution in [2.24, 2.45) is 17.6 Å². The van der Waals surface area contributed by atoms with Crippen LogP contribution in [-0.4, -0.2) is 128 Å². The van der Waals surface area contributed by atoms with E-state index in [9.17, 15) is 76.4 Å². The van der Waals surface area contributed by atoms with Crippen LogP contribution in [0.4, 0.5) is 19.2 Å². The minimum atomic E-state index is -4.19. The van der Waals surface area contributed by atoms with Crippen molar-refractivity contribution in [3.05, 3.63) is 151 Å². The van der Waals surface area contributed by atoms with Crippen LogP contribution in [0.25, 0.3) is 0 Å². The van der Waals surface area contributed by atoms with Crippen LogP contribution in [0, 0.1) is 18.8 Å². The average molecular weight is 1660 g/mol. The molecule has 0 bridgehead atoms. The first-order valence-electron chi connectivity index (χ1n) is 33.6. The van der Waals surface area contributed by atoms with E-state index in [1.54, 1.807) is 244 Å². The largest absolute Gasteiger partial charge is 1.00 e. The Balaban J connectivity index is -0.000000613. The van der Waals surface area contributed by atoms with Gasteiger partial charge in [-0.1, -0.05) is 161 Å². The number of esters is 2. The van der Waals surface area contributed by atoms with E-state index < -0.39 is 129 Å². The molecule has 0 aliphatic rings. The van der Waals surface area contributed by atoms with Gasteiger partial charge in [0.15, 0.2) is 7.14 Å². The maximum atomic E-state index is 13.7. The Morgan fingerprint density at radius 1 is 0.459 bits per heavy atom. The minimum Gasteiger partial charge on any atom is -0.460 e. The van der Waals surface area contributed by atoms with Crippen LogP contribution in [0.15, 0.2) is 144 Å². The summed E-state index contributed by atoms with van der Waals surface area (Å²) in [5.74, 6) is -1.35. The number of sulfonamides is 4. The van der Waals surface area contributed by atoms with Crippen molar-refractivity contribution in [1.29, 1.82) is 0 Å². The van der Waals surface area contributed by atoms with E-state index in [-0.39, 0.29) is 49.5 Å². The molecule has 0 aliphatic heterocycles. The molecule has 36 heteroatoms. The Labute approximate surface area is 665 Å². The van der Waals surface area contributed by atoms with E-state index in [0.29, 0.717) is 21.2 Å². The number of nitrogens with two attached hydrogens (primary N) is 1. The van der Waals surface area contributed by atoms with Crippen molar-refractivity contribution in [3.63, 3.8) is 0 Å². The van der Waals surface area contributed by atoms with Crippen molar-refractivity contribution in [1.82, 2.24) is 18.9 Å². The van der Waals surface area contributed by atoms with Gasteiger partial charge in [-0.15, -0.1) is 0 Å². The van der Waals surface area contributed by atoms with Gasteiger partial charge < -0.3 is 50.4 Å². The van der Waals surface area contributed by atoms with Crippen LogP contribution < -0.4 is 64.7 Å². The molecule has 0 saturated carbocycles. The molecular weight excluding hydrogens is 1550 g/mol. The number of halogens is 1. The van der Waals surface area contributed by atoms with Gasteiger partial charge in [0.25, 0.3) is 20.0 Å². The summed E-state index contributed by atoms with van der Waals surface area (Å²) in [6.07, 6.45) is 2.58. The number of unbranched alkanes of at least 4 members (excludes halogenated alkanes) is 1. The van der Waals surface area contributed by atoms with E-state index >= 15 is 0 Å². The van der Waals surface area contributed by atoms with Gasteiger partial charge in [-0.3, -0.25) is 14.2 Å². The Bertz CT molecular complexity index is 4000. The summed E-state index contributed by atoms with van der Waals surface area (Å²) in [6.45, 7) is 38.0. The number of amides is 4. The normalized spacial score (nSPS) is 12.9. The summed E-state index contributed by atoms with van der Waals surface area (Å²) in [5.41, 5.74) is 0.482. The molecule has 0 radical (unpaired) electrons. The molecule has 612 valence electrons. The number of ether oxygens (including phenoxy) is 6. The number of hydrogen-bond acceptors (Lipinski definition) is 24. The van der Waals surface area contributed by atoms with E-state index in [2.05, 4.69) is 18.6 Å². The first kappa shape index (κ1) is 108. The zero-order valence-electron chi connectivity index (χ0n) is 67.3. The van der Waals surface area contributed by atoms with Gasteiger partial charge in [-0.05, 0) is 149 Å². The fourth-order valence-corrected chi connectivity index (χ4v) is 16.3. The molecule has 4 amide bonds. The molecule has 0 unspecified atom stereocenters. The van der Waals surface area contributed by atoms with Crippen molar-refractivity contribution < 1.29 is 124 Å². The van der Waals surface area contributed by atoms with Crippen molar-refractivity contribution in [2.75, 3.05) is 11.7 Å². The second kappa shape index (κ2) is 48.8. The van der Waals surface area contributed by atoms with Crippen LogP contribution in [0.2, 0.25) is 0 Å². The molecular formula is C73H115ClLiN5O23P2S4. The fraction of sp³-hybridized carbons (Fsp3) is 0.507. The average Bonchev–Trinajstić information content (AvgIpc) is 0.782. The van der Waals surface area contributed by atoms with Gasteiger partial charge in [0.2, 0.25) is 26.5 Å². The number of benzene rings is 4. The summed E-state index contributed by atoms with van der Waals surface area (Å²) in [7, 11) is -19.0. The third-order valence-electron chi connectivity index (χ3n) is 11.0. The minimum absolute atomic E-state index is 0. The standard InChI is InChI=1S/C18H22NO5PS.C15H27NO6S.C12H10ClOP.C9H18N2O4S.C9H16O3.C6H13NO4S.C4H9.Li/c1-18(2,3)24-17(20)19-26(22,23)14-25(21,15-10-6-4-7-11-15)16-12-8-5-9-13-16;1-11(10-12(17)21-14(2,3)4)8-9-23(19,20)16-13(18)22-15(5,6)7;13-15(14,11-7-3-1-4-8-11)12-9-5-2-6-10-12;1-7(10)5-6-16(13,14)11-8(12)15-9(2,3)4;1-7(6-10)5-8(11)12-9(2,3)4;1-6(2,3)11-5(8)7-12(4,9)10;1-3-4-2;/h4-13H,14H2,1-3H3,(H,19,20);8-9,11H,10H2,1-7H3,(H,16,18);1-10H;5-7H,10H2,1-4H3,(H,11,12);6-7H,5H2,1-4H3;1-4H3,(H,7,8);1,3-4H2,2H3;/q;;;;;;-1;+1/b;9-8+;;6-5+;;;;/t;11-;;2*7-;;;/m.0.01.../s1. The van der Waals surface area contributed by atoms with Crippen LogP contribution in [0.5, 0.6) is 0 Å². The van der Waals surface area contributed by atoms with E-state index in [4.69, 9.17) is 40.7 Å². The SMILES string of the molecule is CC(C)(C)OC(=O)NS(=O)(=O)CP(=O)(c1ccccc1)c1ccccc1.CC(C)(C)OC(=O)NS(C)(=O)=O.C[C@@H](/C=C/S(=O)(=O)NC(=O)OC(C)(C)C)CC(=O)OC(C)(C)C.C[C@@H](C=O)CC(=O)OC(C)(C)C.C[C@H](N)/C=C/S(=O)(=O)NC(=O)OC(C)(C)C.O=P(Cl)(c1ccccc1)c1ccccc1.[CH2-]CCC.[Li+]. The van der Waals surface area contributed by atoms with Crippen molar-refractivity contribution in [3.8, 4) is 0 Å². The summed E-state index contributed by atoms with van der Waals surface area (Å²) in [5, 5.41) is 3.84. The predicted octanol–water partition coefficient (Wildman–Crippen LogP) is 10.0. The Hall–Kier alpha value is -6.84. The molecule has 109 heavy (non-hydrogen) atoms. The quantitative estimate of drug-likeness (QED) is 0.0137. The van der Waals surface area contributed by atoms with Gasteiger partial charge in [0.1, 0.15) is 45.4 Å². The molecule has 0 saturated heterocycles. The van der Waals surface area contributed by atoms with Crippen LogP contribution in [0.1, 0.15) is 178 Å². The Morgan fingerprint density at radius 2 is 0.716 bits per heavy atom. The number of allylic oxidation sites excluding steroid dienone is 1. The Kier molecular flexibility index (Phi) is 48.6. The topological polar surface area (TPSA) is 420 Å². The molecule has 0 aliphatic carbocycles. The molecule has 28 nitrogen and oxygen atoms in total. The number of rotatable bonds is 20. The molecule has 0 aromatic heterocycles. The zero-order valence-corrected chi connectivity index (χ0v) is 73.1. The first-order valence-corrected chi connectivity index (χ1v) is 44.7. The number of hydrogen-bond donors (Lipinski definition) is 5. The second-order valence-corrected chi connectivity index (χ2v) is 43.1. The number of nitrogens with one attached hydrogen (secondary N) is 4. The molecule has 0 spiro atoms.